The molecule has 4 aliphatic carbocycles. The summed E-state index contributed by atoms with van der Waals surface area (Å²) in [7, 11) is 1.66. The molecule has 5 aliphatic rings. The van der Waals surface area contributed by atoms with Gasteiger partial charge in [0.15, 0.2) is 11.5 Å². The van der Waals surface area contributed by atoms with E-state index in [1.54, 1.807) is 19.2 Å². The topological polar surface area (TPSA) is 67.9 Å². The number of likely N-dealkylation sites (N-methyl/N-ethyl adjacent to an activating group) is 1. The van der Waals surface area contributed by atoms with Gasteiger partial charge in [-0.2, -0.15) is 8.78 Å². The zero-order chi connectivity index (χ0) is 19.7. The second-order valence-corrected chi connectivity index (χ2v) is 9.15. The van der Waals surface area contributed by atoms with Gasteiger partial charge in [-0.1, -0.05) is 12.1 Å². The molecule has 0 radical (unpaired) electrons. The Hall–Kier alpha value is -2.18. The van der Waals surface area contributed by atoms with E-state index in [1.807, 2.05) is 0 Å². The molecule has 6 rings (SSSR count). The molecule has 28 heavy (non-hydrogen) atoms. The fraction of sp³-hybridized carbons (Fsp3) is 0.619. The summed E-state index contributed by atoms with van der Waals surface area (Å²) in [6.45, 7) is -2.88. The van der Waals surface area contributed by atoms with Crippen LogP contribution in [-0.4, -0.2) is 30.4 Å². The van der Waals surface area contributed by atoms with Gasteiger partial charge in [0.1, 0.15) is 5.75 Å². The van der Waals surface area contributed by atoms with Gasteiger partial charge in [-0.3, -0.25) is 9.69 Å². The number of hydrogen-bond acceptors (Lipinski definition) is 4. The van der Waals surface area contributed by atoms with E-state index >= 15 is 0 Å². The number of amides is 1. The quantitative estimate of drug-likeness (QED) is 0.857. The molecular weight excluding hydrogens is 364 g/mol. The van der Waals surface area contributed by atoms with Crippen LogP contribution in [0.1, 0.15) is 44.1 Å². The van der Waals surface area contributed by atoms with Crippen LogP contribution in [0.4, 0.5) is 8.78 Å². The summed E-state index contributed by atoms with van der Waals surface area (Å²) in [5, 5.41) is 0. The van der Waals surface area contributed by atoms with Crippen molar-refractivity contribution in [3.8, 4) is 5.75 Å². The molecule has 0 saturated heterocycles. The van der Waals surface area contributed by atoms with E-state index in [0.29, 0.717) is 17.8 Å². The highest BCUT2D eigenvalue weighted by atomic mass is 19.3. The van der Waals surface area contributed by atoms with Crippen molar-refractivity contribution in [3.05, 3.63) is 29.8 Å². The van der Waals surface area contributed by atoms with Gasteiger partial charge in [0.25, 0.3) is 5.91 Å². The highest BCUT2D eigenvalue weighted by Gasteiger charge is 2.67. The van der Waals surface area contributed by atoms with Gasteiger partial charge in [-0.15, -0.1) is 0 Å². The molecule has 150 valence electrons. The predicted octanol–water partition coefficient (Wildman–Crippen LogP) is 3.49. The number of benzene rings is 1. The third-order valence-corrected chi connectivity index (χ3v) is 7.54. The van der Waals surface area contributed by atoms with Gasteiger partial charge in [0.2, 0.25) is 0 Å². The first kappa shape index (κ1) is 17.9. The van der Waals surface area contributed by atoms with Gasteiger partial charge < -0.3 is 10.5 Å². The number of ether oxygens (including phenoxy) is 1. The zero-order valence-corrected chi connectivity index (χ0v) is 15.9. The maximum Gasteiger partial charge on any atom is 0.387 e. The lowest BCUT2D eigenvalue weighted by atomic mass is 9.43. The fourth-order valence-corrected chi connectivity index (χ4v) is 6.91. The van der Waals surface area contributed by atoms with Crippen LogP contribution in [0.2, 0.25) is 0 Å². The number of rotatable bonds is 4. The number of guanidine groups is 1. The van der Waals surface area contributed by atoms with E-state index in [1.165, 1.54) is 36.3 Å². The van der Waals surface area contributed by atoms with Crippen molar-refractivity contribution < 1.29 is 18.3 Å². The largest absolute Gasteiger partial charge is 0.435 e. The average Bonchev–Trinajstić information content (AvgIpc) is 2.86. The van der Waals surface area contributed by atoms with Gasteiger partial charge in [-0.25, -0.2) is 4.99 Å². The maximum absolute atomic E-state index is 13.6. The van der Waals surface area contributed by atoms with Crippen LogP contribution in [0.3, 0.4) is 0 Å². The number of carbonyl (C=O) groups excluding carboxylic acids is 1. The van der Waals surface area contributed by atoms with Crippen molar-refractivity contribution in [3.63, 3.8) is 0 Å². The van der Waals surface area contributed by atoms with Crippen LogP contribution in [0.15, 0.2) is 29.3 Å². The molecule has 0 spiro atoms. The highest BCUT2D eigenvalue weighted by molar-refractivity contribution is 6.07. The summed E-state index contributed by atoms with van der Waals surface area (Å²) in [6.07, 6.45) is 6.68. The van der Waals surface area contributed by atoms with E-state index in [-0.39, 0.29) is 23.0 Å². The second kappa shape index (κ2) is 5.91. The molecule has 1 aliphatic heterocycles. The Morgan fingerprint density at radius 2 is 1.64 bits per heavy atom. The maximum atomic E-state index is 13.6. The number of carbonyl (C=O) groups is 1. The summed E-state index contributed by atoms with van der Waals surface area (Å²) < 4.78 is 29.6. The molecule has 1 aromatic rings. The van der Waals surface area contributed by atoms with Crippen LogP contribution in [0, 0.1) is 23.2 Å². The lowest BCUT2D eigenvalue weighted by Gasteiger charge is -2.61. The Morgan fingerprint density at radius 1 is 1.11 bits per heavy atom. The third-order valence-electron chi connectivity index (χ3n) is 7.54. The zero-order valence-electron chi connectivity index (χ0n) is 15.9. The van der Waals surface area contributed by atoms with E-state index in [2.05, 4.69) is 4.74 Å². The fourth-order valence-electron chi connectivity index (χ4n) is 6.91. The summed E-state index contributed by atoms with van der Waals surface area (Å²) in [5.74, 6) is 2.12. The van der Waals surface area contributed by atoms with Crippen LogP contribution < -0.4 is 10.5 Å². The van der Waals surface area contributed by atoms with E-state index in [9.17, 15) is 13.6 Å². The minimum atomic E-state index is -2.88. The van der Waals surface area contributed by atoms with Crippen LogP contribution >= 0.6 is 0 Å². The summed E-state index contributed by atoms with van der Waals surface area (Å²) in [5.41, 5.74) is 5.54. The average molecular weight is 389 g/mol. The van der Waals surface area contributed by atoms with Crippen LogP contribution in [-0.2, 0) is 10.3 Å². The first-order valence-corrected chi connectivity index (χ1v) is 10.0. The van der Waals surface area contributed by atoms with Crippen molar-refractivity contribution >= 4 is 11.9 Å². The Balaban J connectivity index is 1.63. The normalized spacial score (nSPS) is 39.0. The van der Waals surface area contributed by atoms with Crippen molar-refractivity contribution in [2.24, 2.45) is 33.9 Å². The van der Waals surface area contributed by atoms with Crippen molar-refractivity contribution in [2.45, 2.75) is 50.7 Å². The number of aliphatic imine (C=N–C) groups is 1. The Morgan fingerprint density at radius 3 is 2.07 bits per heavy atom. The number of nitrogens with zero attached hydrogens (tertiary/aromatic N) is 2. The number of hydrogen-bond donors (Lipinski definition) is 1. The Kier molecular flexibility index (Phi) is 3.77. The molecule has 1 atom stereocenters. The predicted molar refractivity (Wildman–Crippen MR) is 99.7 cm³/mol. The van der Waals surface area contributed by atoms with E-state index in [0.717, 1.165) is 24.8 Å². The van der Waals surface area contributed by atoms with Gasteiger partial charge >= 0.3 is 6.61 Å². The lowest BCUT2D eigenvalue weighted by Crippen LogP contribution is -2.59. The molecule has 2 N–H and O–H groups in total. The second-order valence-electron chi connectivity index (χ2n) is 9.15. The Bertz CT molecular complexity index is 803. The van der Waals surface area contributed by atoms with Crippen molar-refractivity contribution in [1.82, 2.24) is 4.90 Å². The number of alkyl halides is 2. The smallest absolute Gasteiger partial charge is 0.387 e. The number of nitrogens with two attached hydrogens (primary N) is 1. The molecule has 1 heterocycles. The molecular formula is C21H25F2N3O2. The molecule has 1 unspecified atom stereocenters. The SMILES string of the molecule is CN1C(=O)C(c2ccc(OC(F)F)cc2)(C23CC4CC(CC(C4)C2)C3)N=C1N. The molecule has 5 nitrogen and oxygen atoms in total. The molecule has 0 aromatic heterocycles. The lowest BCUT2D eigenvalue weighted by molar-refractivity contribution is -0.149. The minimum Gasteiger partial charge on any atom is -0.435 e. The summed E-state index contributed by atoms with van der Waals surface area (Å²) in [6, 6.07) is 6.43. The van der Waals surface area contributed by atoms with E-state index in [4.69, 9.17) is 10.7 Å². The molecule has 4 fully saturated rings. The van der Waals surface area contributed by atoms with Crippen molar-refractivity contribution in [2.75, 3.05) is 7.05 Å². The molecule has 4 saturated carbocycles. The summed E-state index contributed by atoms with van der Waals surface area (Å²) in [4.78, 5) is 19.9. The molecule has 1 aromatic carbocycles. The molecule has 7 heteroatoms. The van der Waals surface area contributed by atoms with E-state index < -0.39 is 12.2 Å². The van der Waals surface area contributed by atoms with Crippen LogP contribution in [0.5, 0.6) is 5.75 Å². The minimum absolute atomic E-state index is 0.0789. The van der Waals surface area contributed by atoms with Crippen molar-refractivity contribution in [1.29, 1.82) is 0 Å². The van der Waals surface area contributed by atoms with Gasteiger partial charge in [0, 0.05) is 12.5 Å². The first-order chi connectivity index (χ1) is 13.3. The van der Waals surface area contributed by atoms with Gasteiger partial charge in [-0.05, 0) is 74.0 Å². The van der Waals surface area contributed by atoms with Gasteiger partial charge in [0.05, 0.1) is 0 Å². The summed E-state index contributed by atoms with van der Waals surface area (Å²) >= 11 is 0. The molecule has 4 bridgehead atoms. The standard InChI is InChI=1S/C21H25F2N3O2/c1-26-17(27)21(25-19(26)24,15-2-4-16(5-3-15)28-18(22)23)20-9-12-6-13(10-20)8-14(7-12)11-20/h2-5,12-14,18H,6-11H2,1H3,(H2,24,25). The van der Waals surface area contributed by atoms with Crippen LogP contribution in [0.25, 0.3) is 0 Å². The number of halogens is 2. The highest BCUT2D eigenvalue weighted by Crippen LogP contribution is 2.67. The Labute approximate surface area is 162 Å². The first-order valence-electron chi connectivity index (χ1n) is 10.0. The third kappa shape index (κ3) is 2.34. The molecule has 1 amide bonds. The monoisotopic (exact) mass is 389 g/mol.